The highest BCUT2D eigenvalue weighted by Crippen LogP contribution is 2.29. The zero-order valence-corrected chi connectivity index (χ0v) is 16.7. The average molecular weight is 414 g/mol. The van der Waals surface area contributed by atoms with Crippen LogP contribution in [-0.2, 0) is 16.6 Å². The molecule has 0 bridgehead atoms. The number of hydrogen-bond donors (Lipinski definition) is 0. The van der Waals surface area contributed by atoms with Crippen molar-refractivity contribution in [2.24, 2.45) is 0 Å². The van der Waals surface area contributed by atoms with E-state index in [9.17, 15) is 22.9 Å². The van der Waals surface area contributed by atoms with Crippen LogP contribution in [0.25, 0.3) is 0 Å². The first kappa shape index (κ1) is 20.5. The van der Waals surface area contributed by atoms with Crippen molar-refractivity contribution in [3.05, 3.63) is 99.4 Å². The van der Waals surface area contributed by atoms with E-state index in [0.29, 0.717) is 5.56 Å². The largest absolute Gasteiger partial charge is 0.269 e. The van der Waals surface area contributed by atoms with E-state index in [-0.39, 0.29) is 22.8 Å². The molecule has 0 fully saturated rings. The molecule has 3 rings (SSSR count). The summed E-state index contributed by atoms with van der Waals surface area (Å²) in [5, 5.41) is 10.9. The summed E-state index contributed by atoms with van der Waals surface area (Å²) in [4.78, 5) is 10.2. The lowest BCUT2D eigenvalue weighted by Gasteiger charge is -2.25. The molecule has 0 aliphatic carbocycles. The van der Waals surface area contributed by atoms with Gasteiger partial charge in [-0.1, -0.05) is 30.3 Å². The Labute approximate surface area is 168 Å². The van der Waals surface area contributed by atoms with Crippen molar-refractivity contribution in [2.75, 3.05) is 4.31 Å². The molecule has 0 amide bonds. The van der Waals surface area contributed by atoms with Crippen molar-refractivity contribution in [1.29, 1.82) is 0 Å². The lowest BCUT2D eigenvalue weighted by atomic mass is 10.1. The molecule has 0 atom stereocenters. The number of anilines is 1. The zero-order valence-electron chi connectivity index (χ0n) is 15.9. The van der Waals surface area contributed by atoms with Crippen LogP contribution in [0.5, 0.6) is 0 Å². The summed E-state index contributed by atoms with van der Waals surface area (Å²) in [6.45, 7) is 3.45. The third-order valence-corrected chi connectivity index (χ3v) is 6.44. The Kier molecular flexibility index (Phi) is 5.65. The second kappa shape index (κ2) is 8.00. The molecule has 8 heteroatoms. The van der Waals surface area contributed by atoms with E-state index in [1.54, 1.807) is 25.1 Å². The third-order valence-electron chi connectivity index (χ3n) is 4.65. The SMILES string of the molecule is Cc1ccc(N(Cc2ccccc2C)S(=O)(=O)c2ccc([N+](=O)[O-])cc2)cc1F. The minimum Gasteiger partial charge on any atom is -0.262 e. The molecule has 150 valence electrons. The fourth-order valence-corrected chi connectivity index (χ4v) is 4.30. The molecule has 0 aliphatic heterocycles. The number of rotatable bonds is 6. The Balaban J connectivity index is 2.11. The summed E-state index contributed by atoms with van der Waals surface area (Å²) in [7, 11) is -4.10. The first-order valence-corrected chi connectivity index (χ1v) is 10.2. The van der Waals surface area contributed by atoms with Gasteiger partial charge in [-0.2, -0.15) is 0 Å². The van der Waals surface area contributed by atoms with Gasteiger partial charge in [0.2, 0.25) is 0 Å². The monoisotopic (exact) mass is 414 g/mol. The highest BCUT2D eigenvalue weighted by molar-refractivity contribution is 7.92. The number of hydrogen-bond acceptors (Lipinski definition) is 4. The number of nitro groups is 1. The van der Waals surface area contributed by atoms with Gasteiger partial charge in [0.15, 0.2) is 0 Å². The lowest BCUT2D eigenvalue weighted by Crippen LogP contribution is -2.31. The van der Waals surface area contributed by atoms with Gasteiger partial charge < -0.3 is 0 Å². The van der Waals surface area contributed by atoms with E-state index in [0.717, 1.165) is 27.6 Å². The topological polar surface area (TPSA) is 80.5 Å². The van der Waals surface area contributed by atoms with Crippen LogP contribution in [0.3, 0.4) is 0 Å². The molecular weight excluding hydrogens is 395 g/mol. The summed E-state index contributed by atoms with van der Waals surface area (Å²) < 4.78 is 42.0. The molecule has 0 aliphatic rings. The molecule has 0 saturated carbocycles. The molecule has 3 aromatic rings. The van der Waals surface area contributed by atoms with Crippen molar-refractivity contribution < 1.29 is 17.7 Å². The van der Waals surface area contributed by atoms with Crippen LogP contribution in [0.1, 0.15) is 16.7 Å². The number of halogens is 1. The van der Waals surface area contributed by atoms with E-state index >= 15 is 0 Å². The molecule has 6 nitrogen and oxygen atoms in total. The Morgan fingerprint density at radius 1 is 0.966 bits per heavy atom. The van der Waals surface area contributed by atoms with Gasteiger partial charge in [-0.25, -0.2) is 12.8 Å². The number of benzene rings is 3. The minimum atomic E-state index is -4.10. The molecule has 3 aromatic carbocycles. The number of aryl methyl sites for hydroxylation is 2. The lowest BCUT2D eigenvalue weighted by molar-refractivity contribution is -0.384. The van der Waals surface area contributed by atoms with Crippen molar-refractivity contribution in [1.82, 2.24) is 0 Å². The van der Waals surface area contributed by atoms with Gasteiger partial charge in [-0.15, -0.1) is 0 Å². The van der Waals surface area contributed by atoms with E-state index in [2.05, 4.69) is 0 Å². The zero-order chi connectivity index (χ0) is 21.2. The van der Waals surface area contributed by atoms with E-state index < -0.39 is 20.8 Å². The molecular formula is C21H19FN2O4S. The summed E-state index contributed by atoms with van der Waals surface area (Å²) in [6, 6.07) is 16.2. The molecule has 0 spiro atoms. The molecule has 0 saturated heterocycles. The summed E-state index contributed by atoms with van der Waals surface area (Å²) in [5.74, 6) is -0.517. The standard InChI is InChI=1S/C21H19FN2O4S/c1-15-5-3-4-6-17(15)14-23(19-8-7-16(2)21(22)13-19)29(27,28)20-11-9-18(10-12-20)24(25)26/h3-13H,14H2,1-2H3. The number of nitrogens with zero attached hydrogens (tertiary/aromatic N) is 2. The van der Waals surface area contributed by atoms with Gasteiger partial charge in [0.05, 0.1) is 22.1 Å². The quantitative estimate of drug-likeness (QED) is 0.431. The number of nitro benzene ring substituents is 1. The van der Waals surface area contributed by atoms with Crippen LogP contribution < -0.4 is 4.31 Å². The predicted molar refractivity (Wildman–Crippen MR) is 109 cm³/mol. The second-order valence-electron chi connectivity index (χ2n) is 6.62. The van der Waals surface area contributed by atoms with Crippen LogP contribution in [0, 0.1) is 29.8 Å². The van der Waals surface area contributed by atoms with Crippen molar-refractivity contribution in [3.63, 3.8) is 0 Å². The molecule has 0 heterocycles. The van der Waals surface area contributed by atoms with Crippen LogP contribution in [-0.4, -0.2) is 13.3 Å². The van der Waals surface area contributed by atoms with Crippen LogP contribution in [0.2, 0.25) is 0 Å². The summed E-state index contributed by atoms with van der Waals surface area (Å²) in [6.07, 6.45) is 0. The fourth-order valence-electron chi connectivity index (χ4n) is 2.86. The van der Waals surface area contributed by atoms with Crippen molar-refractivity contribution in [3.8, 4) is 0 Å². The maximum absolute atomic E-state index is 14.2. The first-order valence-electron chi connectivity index (χ1n) is 8.78. The second-order valence-corrected chi connectivity index (χ2v) is 8.48. The van der Waals surface area contributed by atoms with Gasteiger partial charge in [0, 0.05) is 12.1 Å². The Hall–Kier alpha value is -3.26. The van der Waals surface area contributed by atoms with E-state index in [4.69, 9.17) is 0 Å². The van der Waals surface area contributed by atoms with Crippen molar-refractivity contribution >= 4 is 21.4 Å². The highest BCUT2D eigenvalue weighted by atomic mass is 32.2. The van der Waals surface area contributed by atoms with Gasteiger partial charge in [0.1, 0.15) is 5.82 Å². The van der Waals surface area contributed by atoms with Gasteiger partial charge >= 0.3 is 0 Å². The number of non-ortho nitro benzene ring substituents is 1. The van der Waals surface area contributed by atoms with Crippen LogP contribution in [0.4, 0.5) is 15.8 Å². The average Bonchev–Trinajstić information content (AvgIpc) is 2.69. The summed E-state index contributed by atoms with van der Waals surface area (Å²) >= 11 is 0. The number of sulfonamides is 1. The van der Waals surface area contributed by atoms with Crippen LogP contribution in [0.15, 0.2) is 71.6 Å². The Bertz CT molecular complexity index is 1160. The highest BCUT2D eigenvalue weighted by Gasteiger charge is 2.27. The predicted octanol–water partition coefficient (Wildman–Crippen LogP) is 4.75. The maximum atomic E-state index is 14.2. The summed E-state index contributed by atoms with van der Waals surface area (Å²) in [5.41, 5.74) is 2.02. The van der Waals surface area contributed by atoms with Crippen molar-refractivity contribution in [2.45, 2.75) is 25.3 Å². The van der Waals surface area contributed by atoms with Crippen LogP contribution >= 0.6 is 0 Å². The first-order chi connectivity index (χ1) is 13.7. The molecule has 0 N–H and O–H groups in total. The Morgan fingerprint density at radius 2 is 1.62 bits per heavy atom. The maximum Gasteiger partial charge on any atom is 0.269 e. The normalized spacial score (nSPS) is 11.3. The fraction of sp³-hybridized carbons (Fsp3) is 0.143. The van der Waals surface area contributed by atoms with Gasteiger partial charge in [-0.3, -0.25) is 14.4 Å². The smallest absolute Gasteiger partial charge is 0.262 e. The van der Waals surface area contributed by atoms with Gasteiger partial charge in [0.25, 0.3) is 15.7 Å². The third kappa shape index (κ3) is 4.27. The van der Waals surface area contributed by atoms with E-state index in [1.807, 2.05) is 19.1 Å². The molecule has 0 aromatic heterocycles. The molecule has 0 radical (unpaired) electrons. The molecule has 0 unspecified atom stereocenters. The minimum absolute atomic E-state index is 0.00546. The molecule has 29 heavy (non-hydrogen) atoms. The van der Waals surface area contributed by atoms with Gasteiger partial charge in [-0.05, 0) is 54.8 Å². The Morgan fingerprint density at radius 3 is 2.21 bits per heavy atom. The van der Waals surface area contributed by atoms with E-state index in [1.165, 1.54) is 24.3 Å².